The van der Waals surface area contributed by atoms with Gasteiger partial charge in [-0.25, -0.2) is 4.39 Å². The summed E-state index contributed by atoms with van der Waals surface area (Å²) in [4.78, 5) is 10.9. The van der Waals surface area contributed by atoms with Crippen molar-refractivity contribution in [1.82, 2.24) is 0 Å². The largest absolute Gasteiger partial charge is 0.497 e. The third-order valence-corrected chi connectivity index (χ3v) is 5.69. The van der Waals surface area contributed by atoms with Gasteiger partial charge in [-0.3, -0.25) is 4.79 Å². The highest BCUT2D eigenvalue weighted by atomic mass is 19.1. The van der Waals surface area contributed by atoms with E-state index in [4.69, 9.17) is 14.6 Å². The monoisotopic (exact) mass is 450 g/mol. The molecule has 0 heterocycles. The lowest BCUT2D eigenvalue weighted by Gasteiger charge is -2.24. The Morgan fingerprint density at radius 2 is 1.64 bits per heavy atom. The molecule has 0 radical (unpaired) electrons. The van der Waals surface area contributed by atoms with Gasteiger partial charge in [0.15, 0.2) is 0 Å². The molecule has 0 bridgehead atoms. The van der Waals surface area contributed by atoms with Crippen molar-refractivity contribution in [3.05, 3.63) is 83.2 Å². The van der Waals surface area contributed by atoms with Gasteiger partial charge >= 0.3 is 5.97 Å². The van der Waals surface area contributed by atoms with Crippen molar-refractivity contribution >= 4 is 5.97 Å². The summed E-state index contributed by atoms with van der Waals surface area (Å²) >= 11 is 0. The van der Waals surface area contributed by atoms with Gasteiger partial charge in [0.2, 0.25) is 0 Å². The molecule has 1 N–H and O–H groups in total. The first kappa shape index (κ1) is 24.3. The Morgan fingerprint density at radius 3 is 2.24 bits per heavy atom. The second-order valence-electron chi connectivity index (χ2n) is 9.33. The van der Waals surface area contributed by atoms with Crippen molar-refractivity contribution in [2.75, 3.05) is 7.11 Å². The molecule has 0 saturated carbocycles. The molecule has 4 nitrogen and oxygen atoms in total. The molecule has 1 atom stereocenters. The molecule has 174 valence electrons. The number of carboxylic acids is 1. The van der Waals surface area contributed by atoms with E-state index in [1.165, 1.54) is 6.07 Å². The van der Waals surface area contributed by atoms with E-state index in [1.807, 2.05) is 49.4 Å². The second-order valence-corrected chi connectivity index (χ2v) is 9.33. The molecule has 3 rings (SSSR count). The number of aliphatic carboxylic acids is 1. The zero-order chi connectivity index (χ0) is 24.2. The van der Waals surface area contributed by atoms with E-state index in [9.17, 15) is 9.18 Å². The van der Waals surface area contributed by atoms with E-state index in [1.54, 1.807) is 19.2 Å². The molecular weight excluding hydrogens is 419 g/mol. The molecule has 0 amide bonds. The zero-order valence-electron chi connectivity index (χ0n) is 19.8. The summed E-state index contributed by atoms with van der Waals surface area (Å²) in [6.07, 6.45) is 0.0872. The predicted molar refractivity (Wildman–Crippen MR) is 129 cm³/mol. The summed E-state index contributed by atoms with van der Waals surface area (Å²) in [5.74, 6) is 0.109. The van der Waals surface area contributed by atoms with Crippen LogP contribution >= 0.6 is 0 Å². The minimum atomic E-state index is -0.815. The number of ether oxygens (including phenoxy) is 2. The van der Waals surface area contributed by atoms with Crippen LogP contribution in [-0.2, 0) is 16.8 Å². The van der Waals surface area contributed by atoms with Gasteiger partial charge in [0.25, 0.3) is 0 Å². The van der Waals surface area contributed by atoms with E-state index in [0.717, 1.165) is 22.3 Å². The smallest absolute Gasteiger partial charge is 0.303 e. The van der Waals surface area contributed by atoms with Crippen LogP contribution in [0, 0.1) is 5.82 Å². The molecule has 5 heteroatoms. The number of carboxylic acid groups (broad SMARTS) is 1. The zero-order valence-corrected chi connectivity index (χ0v) is 19.8. The Labute approximate surface area is 195 Å². The van der Waals surface area contributed by atoms with Crippen molar-refractivity contribution in [3.63, 3.8) is 0 Å². The summed E-state index contributed by atoms with van der Waals surface area (Å²) in [7, 11) is 1.57. The summed E-state index contributed by atoms with van der Waals surface area (Å²) in [5.41, 5.74) is 4.05. The van der Waals surface area contributed by atoms with E-state index in [-0.39, 0.29) is 23.6 Å². The van der Waals surface area contributed by atoms with Gasteiger partial charge in [0.05, 0.1) is 13.5 Å². The number of halogens is 1. The van der Waals surface area contributed by atoms with Crippen LogP contribution in [0.3, 0.4) is 0 Å². The van der Waals surface area contributed by atoms with Crippen molar-refractivity contribution in [3.8, 4) is 22.6 Å². The van der Waals surface area contributed by atoms with Crippen LogP contribution < -0.4 is 9.47 Å². The topological polar surface area (TPSA) is 55.8 Å². The van der Waals surface area contributed by atoms with Crippen molar-refractivity contribution in [1.29, 1.82) is 0 Å². The minimum Gasteiger partial charge on any atom is -0.497 e. The van der Waals surface area contributed by atoms with Crippen LogP contribution in [0.25, 0.3) is 11.1 Å². The molecule has 3 aromatic rings. The Hall–Kier alpha value is -3.34. The van der Waals surface area contributed by atoms with Crippen molar-refractivity contribution < 1.29 is 23.8 Å². The third kappa shape index (κ3) is 6.13. The van der Waals surface area contributed by atoms with Gasteiger partial charge in [-0.05, 0) is 70.0 Å². The molecule has 0 aliphatic heterocycles. The Bertz CT molecular complexity index is 1110. The minimum absolute atomic E-state index is 0.0678. The van der Waals surface area contributed by atoms with E-state index in [2.05, 4.69) is 20.8 Å². The van der Waals surface area contributed by atoms with Gasteiger partial charge in [-0.1, -0.05) is 52.0 Å². The second kappa shape index (κ2) is 10.1. The summed E-state index contributed by atoms with van der Waals surface area (Å²) in [6.45, 7) is 8.53. The summed E-state index contributed by atoms with van der Waals surface area (Å²) in [5, 5.41) is 8.98. The molecule has 33 heavy (non-hydrogen) atoms. The number of carbonyl (C=O) groups is 1. The van der Waals surface area contributed by atoms with Crippen LogP contribution in [-0.4, -0.2) is 18.2 Å². The molecule has 0 aliphatic carbocycles. The molecule has 0 spiro atoms. The van der Waals surface area contributed by atoms with Crippen LogP contribution in [0.5, 0.6) is 11.5 Å². The fourth-order valence-electron chi connectivity index (χ4n) is 3.83. The molecule has 0 saturated heterocycles. The average Bonchev–Trinajstić information content (AvgIpc) is 2.77. The maximum atomic E-state index is 14.8. The van der Waals surface area contributed by atoms with E-state index < -0.39 is 5.97 Å². The lowest BCUT2D eigenvalue weighted by atomic mass is 9.81. The number of methoxy groups -OCH3 is 1. The molecule has 0 aliphatic rings. The molecule has 3 aromatic carbocycles. The summed E-state index contributed by atoms with van der Waals surface area (Å²) in [6, 6.07) is 18.3. The van der Waals surface area contributed by atoms with Gasteiger partial charge in [0.1, 0.15) is 23.9 Å². The highest BCUT2D eigenvalue weighted by molar-refractivity contribution is 5.71. The fraction of sp³-hybridized carbons (Fsp3) is 0.321. The van der Waals surface area contributed by atoms with Crippen molar-refractivity contribution in [2.45, 2.75) is 52.1 Å². The average molecular weight is 451 g/mol. The Morgan fingerprint density at radius 1 is 0.970 bits per heavy atom. The molecule has 0 unspecified atom stereocenters. The van der Waals surface area contributed by atoms with Crippen LogP contribution in [0.1, 0.15) is 56.7 Å². The number of hydrogen-bond acceptors (Lipinski definition) is 3. The summed E-state index contributed by atoms with van der Waals surface area (Å²) < 4.78 is 26.1. The molecular formula is C28H31FO4. The number of rotatable bonds is 8. The highest BCUT2D eigenvalue weighted by Crippen LogP contribution is 2.37. The predicted octanol–water partition coefficient (Wildman–Crippen LogP) is 6.96. The van der Waals surface area contributed by atoms with Crippen molar-refractivity contribution in [2.24, 2.45) is 0 Å². The maximum absolute atomic E-state index is 14.8. The first-order chi connectivity index (χ1) is 15.6. The normalized spacial score (nSPS) is 12.3. The van der Waals surface area contributed by atoms with Gasteiger partial charge in [0, 0.05) is 5.56 Å². The van der Waals surface area contributed by atoms with Crippen LogP contribution in [0.2, 0.25) is 0 Å². The number of benzene rings is 3. The quantitative estimate of drug-likeness (QED) is 0.403. The highest BCUT2D eigenvalue weighted by Gasteiger charge is 2.21. The lowest BCUT2D eigenvalue weighted by molar-refractivity contribution is -0.137. The lowest BCUT2D eigenvalue weighted by Crippen LogP contribution is -2.13. The number of hydrogen-bond donors (Lipinski definition) is 1. The fourth-order valence-corrected chi connectivity index (χ4v) is 3.83. The van der Waals surface area contributed by atoms with Gasteiger partial charge in [-0.2, -0.15) is 0 Å². The molecule has 0 fully saturated rings. The van der Waals surface area contributed by atoms with E-state index >= 15 is 0 Å². The first-order valence-corrected chi connectivity index (χ1v) is 11.0. The van der Waals surface area contributed by atoms with Crippen LogP contribution in [0.15, 0.2) is 60.7 Å². The maximum Gasteiger partial charge on any atom is 0.303 e. The third-order valence-electron chi connectivity index (χ3n) is 5.69. The first-order valence-electron chi connectivity index (χ1n) is 11.0. The van der Waals surface area contributed by atoms with Gasteiger partial charge < -0.3 is 14.6 Å². The van der Waals surface area contributed by atoms with Gasteiger partial charge in [-0.15, -0.1) is 0 Å². The van der Waals surface area contributed by atoms with Crippen LogP contribution in [0.4, 0.5) is 4.39 Å². The molecule has 0 aromatic heterocycles. The standard InChI is InChI=1S/C28H31FO4/c1-18(14-27(30)31)20-7-9-21(10-8-20)33-17-19-6-12-25(28(2,3)4)23(15-19)24-16-22(32-5)11-13-26(24)29/h6-13,15-16,18H,14,17H2,1-5H3,(H,30,31)/t18-/m0/s1. The van der Waals surface area contributed by atoms with E-state index in [0.29, 0.717) is 23.7 Å². The Kier molecular flexibility index (Phi) is 7.42. The Balaban J connectivity index is 1.85. The SMILES string of the molecule is COc1ccc(F)c(-c2cc(COc3ccc([C@@H](C)CC(=O)O)cc3)ccc2C(C)(C)C)c1.